The first-order valence-electron chi connectivity index (χ1n) is 4.70. The Balaban J connectivity index is 2.09. The second-order valence-electron chi connectivity index (χ2n) is 4.13. The first kappa shape index (κ1) is 9.92. The molecule has 5 heteroatoms. The molecule has 1 N–H and O–H groups in total. The van der Waals surface area contributed by atoms with Crippen molar-refractivity contribution in [3.05, 3.63) is 34.4 Å². The first-order chi connectivity index (χ1) is 6.98. The van der Waals surface area contributed by atoms with Crippen molar-refractivity contribution in [1.29, 1.82) is 0 Å². The zero-order valence-corrected chi connectivity index (χ0v) is 8.38. The average molecular weight is 208 g/mol. The summed E-state index contributed by atoms with van der Waals surface area (Å²) in [7, 11) is 0. The minimum atomic E-state index is -0.623. The monoisotopic (exact) mass is 208 g/mol. The molecule has 1 aliphatic heterocycles. The minimum absolute atomic E-state index is 0.0889. The molecular weight excluding hydrogens is 196 g/mol. The highest BCUT2D eigenvalue weighted by molar-refractivity contribution is 5.53. The standard InChI is InChI=1S/C10H12N2O3/c1-10(13)6-11(7-10)8-2-4-9(5-3-8)12(14)15/h2-5,13H,6-7H2,1H3. The molecule has 5 nitrogen and oxygen atoms in total. The summed E-state index contributed by atoms with van der Waals surface area (Å²) < 4.78 is 0. The predicted molar refractivity (Wildman–Crippen MR) is 55.9 cm³/mol. The number of nitro benzene ring substituents is 1. The number of benzene rings is 1. The molecule has 1 aromatic carbocycles. The van der Waals surface area contributed by atoms with Gasteiger partial charge < -0.3 is 10.0 Å². The number of hydrogen-bond acceptors (Lipinski definition) is 4. The number of aliphatic hydroxyl groups is 1. The lowest BCUT2D eigenvalue weighted by molar-refractivity contribution is -0.384. The van der Waals surface area contributed by atoms with Crippen molar-refractivity contribution in [3.8, 4) is 0 Å². The molecule has 0 radical (unpaired) electrons. The van der Waals surface area contributed by atoms with E-state index in [-0.39, 0.29) is 5.69 Å². The van der Waals surface area contributed by atoms with Gasteiger partial charge in [-0.15, -0.1) is 0 Å². The molecular formula is C10H12N2O3. The summed E-state index contributed by atoms with van der Waals surface area (Å²) in [5.41, 5.74) is 0.375. The van der Waals surface area contributed by atoms with E-state index in [1.54, 1.807) is 19.1 Å². The van der Waals surface area contributed by atoms with Crippen molar-refractivity contribution in [2.45, 2.75) is 12.5 Å². The molecule has 1 heterocycles. The average Bonchev–Trinajstić information content (AvgIpc) is 2.14. The number of nitrogens with zero attached hydrogens (tertiary/aromatic N) is 2. The van der Waals surface area contributed by atoms with Gasteiger partial charge in [-0.25, -0.2) is 0 Å². The van der Waals surface area contributed by atoms with Gasteiger partial charge in [0.1, 0.15) is 0 Å². The Morgan fingerprint density at radius 2 is 1.93 bits per heavy atom. The van der Waals surface area contributed by atoms with Gasteiger partial charge in [-0.2, -0.15) is 0 Å². The third-order valence-corrected chi connectivity index (χ3v) is 2.49. The summed E-state index contributed by atoms with van der Waals surface area (Å²) in [6.07, 6.45) is 0. The lowest BCUT2D eigenvalue weighted by atomic mass is 9.96. The van der Waals surface area contributed by atoms with E-state index in [4.69, 9.17) is 0 Å². The summed E-state index contributed by atoms with van der Waals surface area (Å²) in [5.74, 6) is 0. The van der Waals surface area contributed by atoms with Crippen LogP contribution in [0.25, 0.3) is 0 Å². The van der Waals surface area contributed by atoms with Crippen LogP contribution < -0.4 is 4.90 Å². The topological polar surface area (TPSA) is 66.6 Å². The molecule has 2 rings (SSSR count). The Bertz CT molecular complexity index is 378. The number of non-ortho nitro benzene ring substituents is 1. The normalized spacial score (nSPS) is 18.4. The highest BCUT2D eigenvalue weighted by Crippen LogP contribution is 2.28. The molecule has 1 aliphatic rings. The van der Waals surface area contributed by atoms with Gasteiger partial charge in [-0.05, 0) is 19.1 Å². The maximum atomic E-state index is 10.4. The quantitative estimate of drug-likeness (QED) is 0.585. The number of rotatable bonds is 2. The van der Waals surface area contributed by atoms with Crippen molar-refractivity contribution >= 4 is 11.4 Å². The van der Waals surface area contributed by atoms with E-state index in [2.05, 4.69) is 0 Å². The number of β-amino-alcohol motifs (C(OH)–C–C–N with tert-alkyl or cyclic N) is 1. The van der Waals surface area contributed by atoms with Crippen LogP contribution >= 0.6 is 0 Å². The highest BCUT2D eigenvalue weighted by Gasteiger charge is 2.36. The first-order valence-corrected chi connectivity index (χ1v) is 4.70. The lowest BCUT2D eigenvalue weighted by Crippen LogP contribution is -2.60. The Hall–Kier alpha value is -1.62. The van der Waals surface area contributed by atoms with Crippen LogP contribution in [0, 0.1) is 10.1 Å². The Labute approximate surface area is 87.1 Å². The van der Waals surface area contributed by atoms with Crippen molar-refractivity contribution in [1.82, 2.24) is 0 Å². The van der Waals surface area contributed by atoms with Crippen molar-refractivity contribution in [2.24, 2.45) is 0 Å². The van der Waals surface area contributed by atoms with Crippen LogP contribution in [0.2, 0.25) is 0 Å². The summed E-state index contributed by atoms with van der Waals surface area (Å²) in [6, 6.07) is 6.35. The van der Waals surface area contributed by atoms with E-state index < -0.39 is 10.5 Å². The largest absolute Gasteiger partial charge is 0.386 e. The second-order valence-corrected chi connectivity index (χ2v) is 4.13. The SMILES string of the molecule is CC1(O)CN(c2ccc([N+](=O)[O-])cc2)C1. The molecule has 0 atom stereocenters. The van der Waals surface area contributed by atoms with Gasteiger partial charge in [0.05, 0.1) is 10.5 Å². The molecule has 0 saturated carbocycles. The van der Waals surface area contributed by atoms with Crippen LogP contribution in [0.1, 0.15) is 6.92 Å². The van der Waals surface area contributed by atoms with Crippen LogP contribution in [-0.4, -0.2) is 28.7 Å². The zero-order chi connectivity index (χ0) is 11.1. The summed E-state index contributed by atoms with van der Waals surface area (Å²) in [6.45, 7) is 2.92. The van der Waals surface area contributed by atoms with Gasteiger partial charge in [-0.3, -0.25) is 10.1 Å². The summed E-state index contributed by atoms with van der Waals surface area (Å²) >= 11 is 0. The van der Waals surface area contributed by atoms with Crippen LogP contribution in [0.3, 0.4) is 0 Å². The molecule has 0 spiro atoms. The zero-order valence-electron chi connectivity index (χ0n) is 8.38. The molecule has 0 amide bonds. The van der Waals surface area contributed by atoms with Crippen LogP contribution in [0.15, 0.2) is 24.3 Å². The summed E-state index contributed by atoms with van der Waals surface area (Å²) in [4.78, 5) is 12.0. The molecule has 0 aliphatic carbocycles. The van der Waals surface area contributed by atoms with Gasteiger partial charge in [0, 0.05) is 30.9 Å². The van der Waals surface area contributed by atoms with Crippen LogP contribution in [0.4, 0.5) is 11.4 Å². The molecule has 1 fully saturated rings. The van der Waals surface area contributed by atoms with E-state index >= 15 is 0 Å². The number of anilines is 1. The van der Waals surface area contributed by atoms with E-state index in [0.717, 1.165) is 5.69 Å². The van der Waals surface area contributed by atoms with E-state index in [0.29, 0.717) is 13.1 Å². The van der Waals surface area contributed by atoms with Gasteiger partial charge in [0.25, 0.3) is 5.69 Å². The van der Waals surface area contributed by atoms with Gasteiger partial charge in [-0.1, -0.05) is 0 Å². The van der Waals surface area contributed by atoms with Crippen molar-refractivity contribution < 1.29 is 10.0 Å². The van der Waals surface area contributed by atoms with Crippen LogP contribution in [-0.2, 0) is 0 Å². The van der Waals surface area contributed by atoms with Crippen LogP contribution in [0.5, 0.6) is 0 Å². The number of hydrogen-bond donors (Lipinski definition) is 1. The molecule has 0 unspecified atom stereocenters. The minimum Gasteiger partial charge on any atom is -0.386 e. The second kappa shape index (κ2) is 3.20. The fraction of sp³-hybridized carbons (Fsp3) is 0.400. The van der Waals surface area contributed by atoms with E-state index in [1.165, 1.54) is 12.1 Å². The lowest BCUT2D eigenvalue weighted by Gasteiger charge is -2.45. The number of nitro groups is 1. The van der Waals surface area contributed by atoms with E-state index in [1.807, 2.05) is 4.90 Å². The maximum Gasteiger partial charge on any atom is 0.269 e. The van der Waals surface area contributed by atoms with Crippen molar-refractivity contribution in [2.75, 3.05) is 18.0 Å². The van der Waals surface area contributed by atoms with Gasteiger partial charge >= 0.3 is 0 Å². The fourth-order valence-corrected chi connectivity index (χ4v) is 1.74. The Kier molecular flexibility index (Phi) is 2.12. The van der Waals surface area contributed by atoms with Gasteiger partial charge in [0.2, 0.25) is 0 Å². The smallest absolute Gasteiger partial charge is 0.269 e. The Morgan fingerprint density at radius 1 is 1.40 bits per heavy atom. The third-order valence-electron chi connectivity index (χ3n) is 2.49. The molecule has 0 aromatic heterocycles. The molecule has 0 bridgehead atoms. The predicted octanol–water partition coefficient (Wildman–Crippen LogP) is 1.17. The molecule has 80 valence electrons. The summed E-state index contributed by atoms with van der Waals surface area (Å²) in [5, 5.41) is 20.0. The van der Waals surface area contributed by atoms with Gasteiger partial charge in [0.15, 0.2) is 0 Å². The van der Waals surface area contributed by atoms with Crippen molar-refractivity contribution in [3.63, 3.8) is 0 Å². The maximum absolute atomic E-state index is 10.4. The highest BCUT2D eigenvalue weighted by atomic mass is 16.6. The third kappa shape index (κ3) is 1.92. The molecule has 1 saturated heterocycles. The Morgan fingerprint density at radius 3 is 2.33 bits per heavy atom. The molecule has 1 aromatic rings. The van der Waals surface area contributed by atoms with E-state index in [9.17, 15) is 15.2 Å². The fourth-order valence-electron chi connectivity index (χ4n) is 1.74. The molecule has 15 heavy (non-hydrogen) atoms.